The Bertz CT molecular complexity index is 423. The molecule has 1 unspecified atom stereocenters. The van der Waals surface area contributed by atoms with Crippen LogP contribution in [0.2, 0.25) is 0 Å². The van der Waals surface area contributed by atoms with Crippen LogP contribution in [-0.4, -0.2) is 34.3 Å². The van der Waals surface area contributed by atoms with Gasteiger partial charge in [-0.15, -0.1) is 0 Å². The van der Waals surface area contributed by atoms with E-state index in [4.69, 9.17) is 5.84 Å². The Hall–Kier alpha value is -1.40. The molecule has 0 aliphatic carbocycles. The normalized spacial score (nSPS) is 19.8. The van der Waals surface area contributed by atoms with Gasteiger partial charge in [0.05, 0.1) is 12.6 Å². The number of nitrogen functional groups attached to an aromatic ring is 1. The van der Waals surface area contributed by atoms with Gasteiger partial charge in [0.2, 0.25) is 0 Å². The van der Waals surface area contributed by atoms with Gasteiger partial charge < -0.3 is 15.4 Å². The summed E-state index contributed by atoms with van der Waals surface area (Å²) in [6.45, 7) is 5.19. The molecule has 0 aromatic carbocycles. The first-order valence-electron chi connectivity index (χ1n) is 6.88. The van der Waals surface area contributed by atoms with Crippen LogP contribution >= 0.6 is 0 Å². The third-order valence-electron chi connectivity index (χ3n) is 3.53. The zero-order valence-electron chi connectivity index (χ0n) is 11.6. The molecule has 106 valence electrons. The summed E-state index contributed by atoms with van der Waals surface area (Å²) in [5.41, 5.74) is 2.59. The van der Waals surface area contributed by atoms with Gasteiger partial charge in [0.15, 0.2) is 0 Å². The Labute approximate surface area is 114 Å². The predicted molar refractivity (Wildman–Crippen MR) is 76.0 cm³/mol. The fraction of sp³-hybridized carbons (Fsp3) is 0.692. The minimum atomic E-state index is 0.147. The van der Waals surface area contributed by atoms with Crippen LogP contribution < -0.4 is 16.2 Å². The molecule has 0 bridgehead atoms. The molecule has 1 aromatic heterocycles. The molecule has 1 aliphatic heterocycles. The lowest BCUT2D eigenvalue weighted by atomic mass is 10.0. The van der Waals surface area contributed by atoms with Crippen LogP contribution in [0.5, 0.6) is 0 Å². The molecule has 1 aliphatic rings. The number of aromatic nitrogens is 2. The van der Waals surface area contributed by atoms with Crippen LogP contribution in [0.1, 0.15) is 44.9 Å². The van der Waals surface area contributed by atoms with Crippen LogP contribution in [0, 0.1) is 0 Å². The first-order chi connectivity index (χ1) is 9.15. The molecule has 6 heteroatoms. The number of nitrogens with zero attached hydrogens (tertiary/aromatic N) is 3. The number of nitrogens with two attached hydrogens (primary N) is 1. The van der Waals surface area contributed by atoms with E-state index in [1.54, 1.807) is 0 Å². The van der Waals surface area contributed by atoms with Crippen LogP contribution in [-0.2, 0) is 0 Å². The average molecular weight is 265 g/mol. The minimum Gasteiger partial charge on any atom is -0.394 e. The van der Waals surface area contributed by atoms with Gasteiger partial charge in [0.1, 0.15) is 17.5 Å². The third kappa shape index (κ3) is 3.13. The molecule has 0 spiro atoms. The van der Waals surface area contributed by atoms with Crippen LogP contribution in [0.4, 0.5) is 11.6 Å². The lowest BCUT2D eigenvalue weighted by Gasteiger charge is -2.35. The standard InChI is InChI=1S/C13H23N5O/c1-9(2)13-15-11(17-14)7-12(16-13)18-6-4-3-5-10(18)8-19/h7,9-10,19H,3-6,8,14H2,1-2H3,(H,15,16,17). The van der Waals surface area contributed by atoms with Crippen molar-refractivity contribution < 1.29 is 5.11 Å². The molecule has 2 heterocycles. The summed E-state index contributed by atoms with van der Waals surface area (Å²) in [7, 11) is 0. The number of hydrazine groups is 1. The molecule has 0 radical (unpaired) electrons. The van der Waals surface area contributed by atoms with Gasteiger partial charge in [-0.2, -0.15) is 0 Å². The maximum atomic E-state index is 9.50. The zero-order valence-corrected chi connectivity index (χ0v) is 11.6. The van der Waals surface area contributed by atoms with Crippen molar-refractivity contribution in [3.63, 3.8) is 0 Å². The molecule has 0 saturated carbocycles. The molecule has 0 amide bonds. The van der Waals surface area contributed by atoms with Gasteiger partial charge in [-0.1, -0.05) is 13.8 Å². The van der Waals surface area contributed by atoms with Crippen LogP contribution in [0.25, 0.3) is 0 Å². The largest absolute Gasteiger partial charge is 0.394 e. The number of hydrogen-bond acceptors (Lipinski definition) is 6. The van der Waals surface area contributed by atoms with Crippen molar-refractivity contribution in [3.8, 4) is 0 Å². The van der Waals surface area contributed by atoms with Crippen molar-refractivity contribution in [1.82, 2.24) is 9.97 Å². The summed E-state index contributed by atoms with van der Waals surface area (Å²) in [5, 5.41) is 9.50. The minimum absolute atomic E-state index is 0.147. The van der Waals surface area contributed by atoms with E-state index < -0.39 is 0 Å². The van der Waals surface area contributed by atoms with E-state index >= 15 is 0 Å². The van der Waals surface area contributed by atoms with Crippen molar-refractivity contribution in [2.24, 2.45) is 5.84 Å². The number of piperidine rings is 1. The molecule has 2 rings (SSSR count). The lowest BCUT2D eigenvalue weighted by Crippen LogP contribution is -2.42. The Morgan fingerprint density at radius 1 is 1.47 bits per heavy atom. The van der Waals surface area contributed by atoms with E-state index in [0.29, 0.717) is 5.82 Å². The van der Waals surface area contributed by atoms with Crippen molar-refractivity contribution in [1.29, 1.82) is 0 Å². The monoisotopic (exact) mass is 265 g/mol. The Morgan fingerprint density at radius 2 is 2.26 bits per heavy atom. The number of rotatable bonds is 4. The number of hydrogen-bond donors (Lipinski definition) is 3. The van der Waals surface area contributed by atoms with Gasteiger partial charge in [-0.25, -0.2) is 15.8 Å². The average Bonchev–Trinajstić information content (AvgIpc) is 2.46. The molecule has 1 atom stereocenters. The van der Waals surface area contributed by atoms with Crippen LogP contribution in [0.15, 0.2) is 6.07 Å². The molecular weight excluding hydrogens is 242 g/mol. The second-order valence-corrected chi connectivity index (χ2v) is 5.29. The zero-order chi connectivity index (χ0) is 13.8. The highest BCUT2D eigenvalue weighted by Crippen LogP contribution is 2.26. The van der Waals surface area contributed by atoms with Crippen molar-refractivity contribution >= 4 is 11.6 Å². The smallest absolute Gasteiger partial charge is 0.145 e. The number of anilines is 2. The van der Waals surface area contributed by atoms with Gasteiger partial charge in [0, 0.05) is 18.5 Å². The fourth-order valence-electron chi connectivity index (χ4n) is 2.42. The Balaban J connectivity index is 2.33. The molecule has 4 N–H and O–H groups in total. The first-order valence-corrected chi connectivity index (χ1v) is 6.88. The molecule has 6 nitrogen and oxygen atoms in total. The highest BCUT2D eigenvalue weighted by atomic mass is 16.3. The highest BCUT2D eigenvalue weighted by Gasteiger charge is 2.24. The Morgan fingerprint density at radius 3 is 2.89 bits per heavy atom. The first kappa shape index (κ1) is 14.0. The van der Waals surface area contributed by atoms with Crippen molar-refractivity contribution in [2.75, 3.05) is 23.5 Å². The van der Waals surface area contributed by atoms with Crippen molar-refractivity contribution in [2.45, 2.75) is 45.1 Å². The summed E-state index contributed by atoms with van der Waals surface area (Å²) >= 11 is 0. The van der Waals surface area contributed by atoms with Gasteiger partial charge in [0.25, 0.3) is 0 Å². The lowest BCUT2D eigenvalue weighted by molar-refractivity contribution is 0.239. The molecular formula is C13H23N5O. The quantitative estimate of drug-likeness (QED) is 0.561. The summed E-state index contributed by atoms with van der Waals surface area (Å²) in [6.07, 6.45) is 3.29. The number of aliphatic hydroxyl groups is 1. The summed E-state index contributed by atoms with van der Waals surface area (Å²) < 4.78 is 0. The van der Waals surface area contributed by atoms with Crippen molar-refractivity contribution in [3.05, 3.63) is 11.9 Å². The second kappa shape index (κ2) is 6.16. The maximum absolute atomic E-state index is 9.50. The van der Waals surface area contributed by atoms with E-state index in [0.717, 1.165) is 37.4 Å². The fourth-order valence-corrected chi connectivity index (χ4v) is 2.42. The number of nitrogens with one attached hydrogen (secondary N) is 1. The third-order valence-corrected chi connectivity index (χ3v) is 3.53. The van der Waals surface area contributed by atoms with Gasteiger partial charge in [-0.05, 0) is 19.3 Å². The Kier molecular flexibility index (Phi) is 4.55. The van der Waals surface area contributed by atoms with E-state index in [-0.39, 0.29) is 18.6 Å². The molecule has 1 fully saturated rings. The maximum Gasteiger partial charge on any atom is 0.145 e. The molecule has 1 saturated heterocycles. The topological polar surface area (TPSA) is 87.3 Å². The molecule has 1 aromatic rings. The summed E-state index contributed by atoms with van der Waals surface area (Å²) in [6, 6.07) is 1.99. The van der Waals surface area contributed by atoms with E-state index in [2.05, 4.69) is 34.1 Å². The highest BCUT2D eigenvalue weighted by molar-refractivity contribution is 5.50. The van der Waals surface area contributed by atoms with Gasteiger partial charge >= 0.3 is 0 Å². The summed E-state index contributed by atoms with van der Waals surface area (Å²) in [4.78, 5) is 11.1. The summed E-state index contributed by atoms with van der Waals surface area (Å²) in [5.74, 6) is 7.96. The number of aliphatic hydroxyl groups excluding tert-OH is 1. The van der Waals surface area contributed by atoms with E-state index in [1.165, 1.54) is 0 Å². The van der Waals surface area contributed by atoms with Crippen LogP contribution in [0.3, 0.4) is 0 Å². The van der Waals surface area contributed by atoms with E-state index in [9.17, 15) is 5.11 Å². The SMILES string of the molecule is CC(C)c1nc(NN)cc(N2CCCCC2CO)n1. The second-order valence-electron chi connectivity index (χ2n) is 5.29. The van der Waals surface area contributed by atoms with Gasteiger partial charge in [-0.3, -0.25) is 0 Å². The molecule has 19 heavy (non-hydrogen) atoms. The predicted octanol–water partition coefficient (Wildman–Crippen LogP) is 1.24. The van der Waals surface area contributed by atoms with E-state index in [1.807, 2.05) is 6.07 Å².